The molecule has 2 heterocycles. The van der Waals surface area contributed by atoms with Gasteiger partial charge in [0.25, 0.3) is 0 Å². The maximum absolute atomic E-state index is 4.22. The van der Waals surface area contributed by atoms with E-state index in [4.69, 9.17) is 0 Å². The molecule has 2 rings (SSSR count). The van der Waals surface area contributed by atoms with Crippen molar-refractivity contribution in [3.63, 3.8) is 0 Å². The van der Waals surface area contributed by atoms with Crippen LogP contribution in [0.25, 0.3) is 0 Å². The van der Waals surface area contributed by atoms with E-state index in [-0.39, 0.29) is 0 Å². The van der Waals surface area contributed by atoms with E-state index in [9.17, 15) is 0 Å². The highest BCUT2D eigenvalue weighted by atomic mass is 15.7. The highest BCUT2D eigenvalue weighted by Gasteiger charge is 2.23. The lowest BCUT2D eigenvalue weighted by Crippen LogP contribution is -2.37. The third-order valence-corrected chi connectivity index (χ3v) is 2.65. The molecule has 0 bridgehead atoms. The van der Waals surface area contributed by atoms with Crippen LogP contribution in [0.1, 0.15) is 6.42 Å². The first-order chi connectivity index (χ1) is 6.27. The van der Waals surface area contributed by atoms with Crippen molar-refractivity contribution in [3.05, 3.63) is 18.5 Å². The molecular formula is C9H16N4. The lowest BCUT2D eigenvalue weighted by Gasteiger charge is -2.21. The molecule has 0 spiro atoms. The molecule has 1 unspecified atom stereocenters. The van der Waals surface area contributed by atoms with Crippen molar-refractivity contribution in [2.24, 2.45) is 0 Å². The summed E-state index contributed by atoms with van der Waals surface area (Å²) in [6.45, 7) is 2.18. The maximum Gasteiger partial charge on any atom is 0.0516 e. The summed E-state index contributed by atoms with van der Waals surface area (Å²) >= 11 is 0. The number of likely N-dealkylation sites (N-methyl/N-ethyl adjacent to an activating group) is 1. The minimum absolute atomic E-state index is 0.671. The Hall–Kier alpha value is -1.03. The van der Waals surface area contributed by atoms with Crippen molar-refractivity contribution < 1.29 is 0 Å². The smallest absolute Gasteiger partial charge is 0.0516 e. The van der Waals surface area contributed by atoms with E-state index in [0.29, 0.717) is 6.04 Å². The van der Waals surface area contributed by atoms with Gasteiger partial charge in [-0.15, -0.1) is 0 Å². The van der Waals surface area contributed by atoms with Crippen molar-refractivity contribution in [1.29, 1.82) is 0 Å². The van der Waals surface area contributed by atoms with E-state index in [1.54, 1.807) is 0 Å². The van der Waals surface area contributed by atoms with Crippen molar-refractivity contribution in [2.45, 2.75) is 12.5 Å². The van der Waals surface area contributed by atoms with Gasteiger partial charge in [0.15, 0.2) is 0 Å². The normalized spacial score (nSPS) is 23.0. The molecule has 4 heteroatoms. The molecule has 0 saturated carbocycles. The fourth-order valence-corrected chi connectivity index (χ4v) is 1.76. The van der Waals surface area contributed by atoms with E-state index in [0.717, 1.165) is 13.1 Å². The molecule has 72 valence electrons. The molecule has 1 atom stereocenters. The lowest BCUT2D eigenvalue weighted by atomic mass is 10.2. The van der Waals surface area contributed by atoms with Crippen molar-refractivity contribution >= 4 is 0 Å². The molecule has 1 aliphatic heterocycles. The van der Waals surface area contributed by atoms with Crippen LogP contribution in [0, 0.1) is 0 Å². The summed E-state index contributed by atoms with van der Waals surface area (Å²) in [5.74, 6) is 0. The predicted molar refractivity (Wildman–Crippen MR) is 52.3 cm³/mol. The van der Waals surface area contributed by atoms with Crippen molar-refractivity contribution in [1.82, 2.24) is 14.8 Å². The Morgan fingerprint density at radius 2 is 2.31 bits per heavy atom. The second-order valence-electron chi connectivity index (χ2n) is 3.75. The van der Waals surface area contributed by atoms with Gasteiger partial charge in [-0.3, -0.25) is 5.01 Å². The summed E-state index contributed by atoms with van der Waals surface area (Å²) < 4.78 is 0. The number of hydrogen-bond acceptors (Lipinski definition) is 3. The Morgan fingerprint density at radius 1 is 1.46 bits per heavy atom. The first-order valence-electron chi connectivity index (χ1n) is 4.68. The average Bonchev–Trinajstić information content (AvgIpc) is 2.75. The van der Waals surface area contributed by atoms with Gasteiger partial charge in [-0.25, -0.2) is 0 Å². The van der Waals surface area contributed by atoms with E-state index >= 15 is 0 Å². The van der Waals surface area contributed by atoms with Crippen LogP contribution in [0.15, 0.2) is 18.5 Å². The second-order valence-corrected chi connectivity index (χ2v) is 3.75. The fraction of sp³-hybridized carbons (Fsp3) is 0.667. The van der Waals surface area contributed by atoms with E-state index in [2.05, 4.69) is 29.1 Å². The lowest BCUT2D eigenvalue weighted by molar-refractivity contribution is 0.312. The summed E-state index contributed by atoms with van der Waals surface area (Å²) in [5.41, 5.74) is 0. The van der Waals surface area contributed by atoms with E-state index in [1.807, 2.05) is 23.3 Å². The van der Waals surface area contributed by atoms with Gasteiger partial charge >= 0.3 is 0 Å². The largest absolute Gasteiger partial charge is 0.305 e. The van der Waals surface area contributed by atoms with Gasteiger partial charge in [0.1, 0.15) is 0 Å². The molecule has 1 aromatic heterocycles. The predicted octanol–water partition coefficient (Wildman–Crippen LogP) is 0.155. The number of aromatic nitrogens is 2. The van der Waals surface area contributed by atoms with Gasteiger partial charge in [0.2, 0.25) is 0 Å². The zero-order valence-corrected chi connectivity index (χ0v) is 8.22. The van der Waals surface area contributed by atoms with E-state index in [1.165, 1.54) is 6.42 Å². The first-order valence-corrected chi connectivity index (χ1v) is 4.68. The molecule has 1 aromatic rings. The molecule has 0 N–H and O–H groups in total. The van der Waals surface area contributed by atoms with Crippen LogP contribution >= 0.6 is 0 Å². The Morgan fingerprint density at radius 3 is 2.85 bits per heavy atom. The van der Waals surface area contributed by atoms with Crippen LogP contribution in [-0.2, 0) is 0 Å². The second kappa shape index (κ2) is 3.38. The van der Waals surface area contributed by atoms with Gasteiger partial charge < -0.3 is 4.90 Å². The standard InChI is InChI=1S/C9H16N4/c1-11(2)9-4-7-12(8-9)13-6-3-5-10-13/h3,5-6,9H,4,7-8H2,1-2H3. The molecule has 0 amide bonds. The van der Waals surface area contributed by atoms with Crippen LogP contribution < -0.4 is 5.01 Å². The highest BCUT2D eigenvalue weighted by molar-refractivity contribution is 4.98. The summed E-state index contributed by atoms with van der Waals surface area (Å²) in [6, 6.07) is 2.63. The number of hydrogen-bond donors (Lipinski definition) is 0. The average molecular weight is 180 g/mol. The van der Waals surface area contributed by atoms with Crippen LogP contribution in [0.5, 0.6) is 0 Å². The van der Waals surface area contributed by atoms with Gasteiger partial charge in [-0.2, -0.15) is 9.89 Å². The van der Waals surface area contributed by atoms with Gasteiger partial charge in [0, 0.05) is 18.8 Å². The monoisotopic (exact) mass is 180 g/mol. The molecule has 0 radical (unpaired) electrons. The molecular weight excluding hydrogens is 164 g/mol. The van der Waals surface area contributed by atoms with Gasteiger partial charge in [-0.05, 0) is 26.6 Å². The van der Waals surface area contributed by atoms with Crippen molar-refractivity contribution in [3.8, 4) is 0 Å². The summed E-state index contributed by atoms with van der Waals surface area (Å²) in [4.78, 5) is 4.22. The third-order valence-electron chi connectivity index (χ3n) is 2.65. The SMILES string of the molecule is CN(C)C1CCN(n2cccn2)C1. The topological polar surface area (TPSA) is 24.3 Å². The van der Waals surface area contributed by atoms with Gasteiger partial charge in [0.05, 0.1) is 12.7 Å². The Labute approximate surface area is 78.7 Å². The Kier molecular flexibility index (Phi) is 2.22. The molecule has 0 aliphatic carbocycles. The molecule has 13 heavy (non-hydrogen) atoms. The molecule has 4 nitrogen and oxygen atoms in total. The van der Waals surface area contributed by atoms with E-state index < -0.39 is 0 Å². The number of nitrogens with zero attached hydrogens (tertiary/aromatic N) is 4. The zero-order chi connectivity index (χ0) is 9.26. The molecule has 1 saturated heterocycles. The fourth-order valence-electron chi connectivity index (χ4n) is 1.76. The molecule has 1 aliphatic rings. The Bertz CT molecular complexity index is 255. The Balaban J connectivity index is 1.99. The summed E-state index contributed by atoms with van der Waals surface area (Å²) in [7, 11) is 4.27. The minimum atomic E-state index is 0.671. The van der Waals surface area contributed by atoms with Crippen LogP contribution in [0.3, 0.4) is 0 Å². The third kappa shape index (κ3) is 1.67. The van der Waals surface area contributed by atoms with Crippen molar-refractivity contribution in [2.75, 3.05) is 32.2 Å². The van der Waals surface area contributed by atoms with Crippen LogP contribution in [0.2, 0.25) is 0 Å². The zero-order valence-electron chi connectivity index (χ0n) is 8.22. The number of rotatable bonds is 2. The summed E-state index contributed by atoms with van der Waals surface area (Å²) in [5, 5.41) is 6.48. The quantitative estimate of drug-likeness (QED) is 0.647. The molecule has 1 fully saturated rings. The maximum atomic E-state index is 4.22. The molecule has 0 aromatic carbocycles. The van der Waals surface area contributed by atoms with Gasteiger partial charge in [-0.1, -0.05) is 0 Å². The minimum Gasteiger partial charge on any atom is -0.305 e. The highest BCUT2D eigenvalue weighted by Crippen LogP contribution is 2.11. The first kappa shape index (κ1) is 8.56. The van der Waals surface area contributed by atoms with Crippen LogP contribution in [0.4, 0.5) is 0 Å². The summed E-state index contributed by atoms with van der Waals surface area (Å²) in [6.07, 6.45) is 5.05. The van der Waals surface area contributed by atoms with Crippen LogP contribution in [-0.4, -0.2) is 48.0 Å².